The molecule has 26 heavy (non-hydrogen) atoms. The summed E-state index contributed by atoms with van der Waals surface area (Å²) in [6, 6.07) is 13.4. The molecule has 1 fully saturated rings. The lowest BCUT2D eigenvalue weighted by atomic mass is 10.1. The molecule has 1 saturated heterocycles. The van der Waals surface area contributed by atoms with E-state index < -0.39 is 0 Å². The zero-order valence-corrected chi connectivity index (χ0v) is 15.4. The molecule has 136 valence electrons. The number of ether oxygens (including phenoxy) is 2. The van der Waals surface area contributed by atoms with Crippen molar-refractivity contribution in [3.05, 3.63) is 59.7 Å². The van der Waals surface area contributed by atoms with E-state index in [0.29, 0.717) is 11.3 Å². The minimum atomic E-state index is -0.0277. The number of nitrogens with zero attached hydrogens (tertiary/aromatic N) is 1. The van der Waals surface area contributed by atoms with E-state index in [0.717, 1.165) is 24.4 Å². The van der Waals surface area contributed by atoms with E-state index in [2.05, 4.69) is 4.90 Å². The molecule has 0 unspecified atom stereocenters. The first-order valence-corrected chi connectivity index (χ1v) is 9.01. The van der Waals surface area contributed by atoms with Gasteiger partial charge in [-0.15, -0.1) is 0 Å². The van der Waals surface area contributed by atoms with E-state index in [1.807, 2.05) is 42.5 Å². The van der Waals surface area contributed by atoms with Crippen molar-refractivity contribution in [1.82, 2.24) is 0 Å². The second-order valence-corrected chi connectivity index (χ2v) is 6.40. The van der Waals surface area contributed by atoms with Crippen molar-refractivity contribution in [2.45, 2.75) is 19.3 Å². The van der Waals surface area contributed by atoms with Crippen molar-refractivity contribution < 1.29 is 14.3 Å². The van der Waals surface area contributed by atoms with Gasteiger partial charge in [0.1, 0.15) is 11.5 Å². The Kier molecular flexibility index (Phi) is 5.95. The van der Waals surface area contributed by atoms with Crippen LogP contribution in [-0.2, 0) is 0 Å². The van der Waals surface area contributed by atoms with E-state index in [1.165, 1.54) is 24.9 Å². The van der Waals surface area contributed by atoms with E-state index in [-0.39, 0.29) is 5.78 Å². The Morgan fingerprint density at radius 2 is 1.69 bits per heavy atom. The second-order valence-electron chi connectivity index (χ2n) is 6.40. The van der Waals surface area contributed by atoms with E-state index in [4.69, 9.17) is 9.47 Å². The molecule has 4 nitrogen and oxygen atoms in total. The Morgan fingerprint density at radius 1 is 0.962 bits per heavy atom. The number of anilines is 1. The summed E-state index contributed by atoms with van der Waals surface area (Å²) in [6.45, 7) is 2.20. The summed E-state index contributed by atoms with van der Waals surface area (Å²) in [5.41, 5.74) is 2.69. The van der Waals surface area contributed by atoms with Crippen LogP contribution in [-0.4, -0.2) is 33.1 Å². The third-order valence-electron chi connectivity index (χ3n) is 4.72. The van der Waals surface area contributed by atoms with Crippen LogP contribution in [0.5, 0.6) is 11.5 Å². The quantitative estimate of drug-likeness (QED) is 0.564. The number of rotatable bonds is 6. The van der Waals surface area contributed by atoms with Crippen LogP contribution in [0.1, 0.15) is 35.2 Å². The number of methoxy groups -OCH3 is 2. The number of carbonyl (C=O) groups excluding carboxylic acids is 1. The molecule has 0 amide bonds. The monoisotopic (exact) mass is 351 g/mol. The first-order chi connectivity index (χ1) is 12.7. The number of benzene rings is 2. The number of hydrogen-bond acceptors (Lipinski definition) is 4. The number of ketones is 1. The van der Waals surface area contributed by atoms with Gasteiger partial charge < -0.3 is 14.4 Å². The first-order valence-electron chi connectivity index (χ1n) is 9.01. The molecule has 2 aromatic carbocycles. The normalized spacial score (nSPS) is 14.5. The van der Waals surface area contributed by atoms with Crippen LogP contribution in [0.3, 0.4) is 0 Å². The van der Waals surface area contributed by atoms with Crippen molar-refractivity contribution in [2.75, 3.05) is 32.2 Å². The summed E-state index contributed by atoms with van der Waals surface area (Å²) in [5.74, 6) is 1.40. The van der Waals surface area contributed by atoms with Gasteiger partial charge in [0.2, 0.25) is 0 Å². The molecular formula is C22H25NO3. The maximum Gasteiger partial charge on any atom is 0.185 e. The molecule has 0 bridgehead atoms. The molecular weight excluding hydrogens is 326 g/mol. The summed E-state index contributed by atoms with van der Waals surface area (Å²) in [4.78, 5) is 14.9. The fourth-order valence-electron chi connectivity index (χ4n) is 3.22. The average Bonchev–Trinajstić information content (AvgIpc) is 2.72. The van der Waals surface area contributed by atoms with Crippen molar-refractivity contribution in [2.24, 2.45) is 0 Å². The van der Waals surface area contributed by atoms with E-state index >= 15 is 0 Å². The fourth-order valence-corrected chi connectivity index (χ4v) is 3.22. The van der Waals surface area contributed by atoms with Crippen molar-refractivity contribution in [3.63, 3.8) is 0 Å². The van der Waals surface area contributed by atoms with Crippen LogP contribution in [0.25, 0.3) is 6.08 Å². The highest BCUT2D eigenvalue weighted by atomic mass is 16.5. The van der Waals surface area contributed by atoms with Crippen LogP contribution in [0.15, 0.2) is 48.5 Å². The summed E-state index contributed by atoms with van der Waals surface area (Å²) in [5, 5.41) is 0. The van der Waals surface area contributed by atoms with Crippen LogP contribution in [0.4, 0.5) is 5.69 Å². The van der Waals surface area contributed by atoms with Gasteiger partial charge >= 0.3 is 0 Å². The lowest BCUT2D eigenvalue weighted by molar-refractivity contribution is 0.104. The van der Waals surface area contributed by atoms with Gasteiger partial charge in [-0.2, -0.15) is 0 Å². The van der Waals surface area contributed by atoms with Gasteiger partial charge in [-0.25, -0.2) is 0 Å². The average molecular weight is 351 g/mol. The minimum absolute atomic E-state index is 0.0277. The fraction of sp³-hybridized carbons (Fsp3) is 0.318. The van der Waals surface area contributed by atoms with Crippen LogP contribution in [0, 0.1) is 0 Å². The summed E-state index contributed by atoms with van der Waals surface area (Å²) >= 11 is 0. The molecule has 4 heteroatoms. The molecule has 3 rings (SSSR count). The van der Waals surface area contributed by atoms with Gasteiger partial charge in [0.05, 0.1) is 14.2 Å². The zero-order valence-electron chi connectivity index (χ0n) is 15.4. The molecule has 0 radical (unpaired) electrons. The molecule has 0 spiro atoms. The van der Waals surface area contributed by atoms with Gasteiger partial charge in [-0.3, -0.25) is 4.79 Å². The lowest BCUT2D eigenvalue weighted by Gasteiger charge is -2.28. The third-order valence-corrected chi connectivity index (χ3v) is 4.72. The van der Waals surface area contributed by atoms with Crippen molar-refractivity contribution in [3.8, 4) is 11.5 Å². The highest BCUT2D eigenvalue weighted by molar-refractivity contribution is 6.07. The van der Waals surface area contributed by atoms with Gasteiger partial charge in [0, 0.05) is 29.9 Å². The summed E-state index contributed by atoms with van der Waals surface area (Å²) in [7, 11) is 3.23. The zero-order chi connectivity index (χ0) is 18.4. The van der Waals surface area contributed by atoms with Crippen LogP contribution < -0.4 is 14.4 Å². The van der Waals surface area contributed by atoms with Crippen molar-refractivity contribution in [1.29, 1.82) is 0 Å². The van der Waals surface area contributed by atoms with Gasteiger partial charge in [0.15, 0.2) is 5.78 Å². The van der Waals surface area contributed by atoms with Crippen molar-refractivity contribution >= 4 is 17.5 Å². The van der Waals surface area contributed by atoms with Gasteiger partial charge in [-0.1, -0.05) is 0 Å². The topological polar surface area (TPSA) is 38.8 Å². The second kappa shape index (κ2) is 8.56. The van der Waals surface area contributed by atoms with E-state index in [9.17, 15) is 4.79 Å². The first kappa shape index (κ1) is 18.1. The maximum atomic E-state index is 12.5. The predicted molar refractivity (Wildman–Crippen MR) is 105 cm³/mol. The number of carbonyl (C=O) groups is 1. The summed E-state index contributed by atoms with van der Waals surface area (Å²) < 4.78 is 10.6. The number of piperidine rings is 1. The maximum absolute atomic E-state index is 12.5. The smallest absolute Gasteiger partial charge is 0.185 e. The van der Waals surface area contributed by atoms with Gasteiger partial charge in [-0.05, 0) is 73.9 Å². The third kappa shape index (κ3) is 4.26. The Bertz CT molecular complexity index is 774. The molecule has 0 aliphatic carbocycles. The van der Waals surface area contributed by atoms with Crippen LogP contribution >= 0.6 is 0 Å². The molecule has 0 N–H and O–H groups in total. The SMILES string of the molecule is COc1ccc(OC)c(/C=C/C(=O)c2ccc(N3CCCCC3)cc2)c1. The molecule has 0 aromatic heterocycles. The highest BCUT2D eigenvalue weighted by Gasteiger charge is 2.11. The van der Waals surface area contributed by atoms with E-state index in [1.54, 1.807) is 26.4 Å². The Balaban J connectivity index is 1.72. The molecule has 0 atom stereocenters. The molecule has 1 aliphatic rings. The Hall–Kier alpha value is -2.75. The predicted octanol–water partition coefficient (Wildman–Crippen LogP) is 4.59. The minimum Gasteiger partial charge on any atom is -0.497 e. The molecule has 2 aromatic rings. The summed E-state index contributed by atoms with van der Waals surface area (Å²) in [6.07, 6.45) is 7.14. The molecule has 1 aliphatic heterocycles. The Labute approximate surface area is 155 Å². The largest absolute Gasteiger partial charge is 0.497 e. The number of hydrogen-bond donors (Lipinski definition) is 0. The van der Waals surface area contributed by atoms with Gasteiger partial charge in [0.25, 0.3) is 0 Å². The standard InChI is InChI=1S/C22H25NO3/c1-25-20-11-13-22(26-2)18(16-20)8-12-21(24)17-6-9-19(10-7-17)23-14-4-3-5-15-23/h6-13,16H,3-5,14-15H2,1-2H3/b12-8+. The number of allylic oxidation sites excluding steroid dienone is 1. The van der Waals surface area contributed by atoms with Crippen LogP contribution in [0.2, 0.25) is 0 Å². The molecule has 0 saturated carbocycles. The molecule has 1 heterocycles. The highest BCUT2D eigenvalue weighted by Crippen LogP contribution is 2.25. The Morgan fingerprint density at radius 3 is 2.35 bits per heavy atom. The lowest BCUT2D eigenvalue weighted by Crippen LogP contribution is -2.29.